The fraction of sp³-hybridized carbons (Fsp3) is 0.929. The first-order valence-corrected chi connectivity index (χ1v) is 7.18. The first-order chi connectivity index (χ1) is 8.55. The average Bonchev–Trinajstić information content (AvgIpc) is 2.33. The van der Waals surface area contributed by atoms with Crippen molar-refractivity contribution < 1.29 is 5.11 Å². The van der Waals surface area contributed by atoms with Gasteiger partial charge in [-0.1, -0.05) is 40.0 Å². The lowest BCUT2D eigenvalue weighted by Gasteiger charge is -2.23. The zero-order valence-corrected chi connectivity index (χ0v) is 15.3. The Kier molecular flexibility index (Phi) is 14.5. The number of aliphatic hydroxyl groups is 1. The van der Waals surface area contributed by atoms with Crippen LogP contribution in [0.2, 0.25) is 0 Å². The summed E-state index contributed by atoms with van der Waals surface area (Å²) in [5.74, 6) is 0.801. The average molecular weight is 385 g/mol. The molecule has 0 amide bonds. The molecule has 0 saturated heterocycles. The fourth-order valence-electron chi connectivity index (χ4n) is 1.74. The molecule has 0 atom stereocenters. The van der Waals surface area contributed by atoms with Gasteiger partial charge in [0.1, 0.15) is 0 Å². The fourth-order valence-corrected chi connectivity index (χ4v) is 1.74. The van der Waals surface area contributed by atoms with Crippen LogP contribution in [0.4, 0.5) is 0 Å². The Morgan fingerprint density at radius 1 is 1.16 bits per heavy atom. The highest BCUT2D eigenvalue weighted by atomic mass is 127. The second kappa shape index (κ2) is 13.0. The molecule has 4 nitrogen and oxygen atoms in total. The van der Waals surface area contributed by atoms with Gasteiger partial charge >= 0.3 is 0 Å². The van der Waals surface area contributed by atoms with E-state index in [2.05, 4.69) is 36.4 Å². The third-order valence-electron chi connectivity index (χ3n) is 2.87. The molecule has 0 aliphatic carbocycles. The molecule has 0 aromatic carbocycles. The predicted molar refractivity (Wildman–Crippen MR) is 94.4 cm³/mol. The molecule has 116 valence electrons. The molecule has 0 aliphatic heterocycles. The molecule has 0 aromatic rings. The third kappa shape index (κ3) is 12.7. The molecule has 0 heterocycles. The summed E-state index contributed by atoms with van der Waals surface area (Å²) in [6, 6.07) is 0. The number of aliphatic hydroxyl groups excluding tert-OH is 1. The molecule has 0 spiro atoms. The highest BCUT2D eigenvalue weighted by molar-refractivity contribution is 14.0. The van der Waals surface area contributed by atoms with Gasteiger partial charge in [0, 0.05) is 19.6 Å². The summed E-state index contributed by atoms with van der Waals surface area (Å²) in [5.41, 5.74) is 0.247. The Balaban J connectivity index is 0. The largest absolute Gasteiger partial charge is 0.395 e. The van der Waals surface area contributed by atoms with E-state index in [0.717, 1.165) is 19.0 Å². The summed E-state index contributed by atoms with van der Waals surface area (Å²) in [4.78, 5) is 4.58. The molecule has 0 saturated carbocycles. The van der Waals surface area contributed by atoms with Gasteiger partial charge in [-0.3, -0.25) is 4.99 Å². The molecule has 0 aliphatic rings. The molecular formula is C14H32IN3O. The van der Waals surface area contributed by atoms with Crippen LogP contribution in [0.15, 0.2) is 4.99 Å². The van der Waals surface area contributed by atoms with E-state index in [-0.39, 0.29) is 36.0 Å². The highest BCUT2D eigenvalue weighted by Crippen LogP contribution is 2.23. The van der Waals surface area contributed by atoms with Gasteiger partial charge in [0.25, 0.3) is 0 Å². The van der Waals surface area contributed by atoms with Gasteiger partial charge in [0.05, 0.1) is 6.61 Å². The van der Waals surface area contributed by atoms with Crippen molar-refractivity contribution in [2.45, 2.75) is 53.4 Å². The van der Waals surface area contributed by atoms with Crippen LogP contribution in [0.25, 0.3) is 0 Å². The molecular weight excluding hydrogens is 353 g/mol. The minimum Gasteiger partial charge on any atom is -0.395 e. The Morgan fingerprint density at radius 3 is 2.37 bits per heavy atom. The molecule has 0 aromatic heterocycles. The number of aliphatic imine (C=N–C) groups is 1. The van der Waals surface area contributed by atoms with Crippen molar-refractivity contribution in [3.8, 4) is 0 Å². The number of guanidine groups is 1. The second-order valence-corrected chi connectivity index (χ2v) is 5.47. The zero-order chi connectivity index (χ0) is 13.9. The number of rotatable bonds is 9. The van der Waals surface area contributed by atoms with E-state index in [9.17, 15) is 0 Å². The maximum Gasteiger partial charge on any atom is 0.191 e. The smallest absolute Gasteiger partial charge is 0.191 e. The molecule has 0 fully saturated rings. The number of hydrogen-bond acceptors (Lipinski definition) is 2. The molecule has 0 unspecified atom stereocenters. The normalized spacial score (nSPS) is 11.9. The summed E-state index contributed by atoms with van der Waals surface area (Å²) in [7, 11) is 0. The van der Waals surface area contributed by atoms with E-state index in [1.165, 1.54) is 25.7 Å². The number of nitrogens with one attached hydrogen (secondary N) is 2. The second-order valence-electron chi connectivity index (χ2n) is 5.47. The van der Waals surface area contributed by atoms with Crippen LogP contribution in [0.5, 0.6) is 0 Å². The van der Waals surface area contributed by atoms with Crippen molar-refractivity contribution in [1.82, 2.24) is 10.6 Å². The number of nitrogens with zero attached hydrogens (tertiary/aromatic N) is 1. The lowest BCUT2D eigenvalue weighted by Crippen LogP contribution is -2.39. The van der Waals surface area contributed by atoms with Gasteiger partial charge in [-0.15, -0.1) is 24.0 Å². The van der Waals surface area contributed by atoms with Crippen molar-refractivity contribution >= 4 is 29.9 Å². The van der Waals surface area contributed by atoms with Crippen LogP contribution >= 0.6 is 24.0 Å². The van der Waals surface area contributed by atoms with Gasteiger partial charge in [-0.05, 0) is 18.8 Å². The maximum absolute atomic E-state index is 8.81. The summed E-state index contributed by atoms with van der Waals surface area (Å²) in [6.45, 7) is 11.1. The van der Waals surface area contributed by atoms with Crippen LogP contribution in [0, 0.1) is 5.41 Å². The molecule has 0 rings (SSSR count). The van der Waals surface area contributed by atoms with Gasteiger partial charge in [0.15, 0.2) is 5.96 Å². The topological polar surface area (TPSA) is 56.7 Å². The van der Waals surface area contributed by atoms with E-state index in [0.29, 0.717) is 6.54 Å². The van der Waals surface area contributed by atoms with Crippen molar-refractivity contribution in [1.29, 1.82) is 0 Å². The molecule has 0 radical (unpaired) electrons. The summed E-state index contributed by atoms with van der Waals surface area (Å²) < 4.78 is 0. The Labute approximate surface area is 135 Å². The summed E-state index contributed by atoms with van der Waals surface area (Å²) in [5, 5.41) is 15.1. The predicted octanol–water partition coefficient (Wildman–Crippen LogP) is 2.76. The molecule has 3 N–H and O–H groups in total. The van der Waals surface area contributed by atoms with Crippen LogP contribution in [-0.2, 0) is 0 Å². The number of unbranched alkanes of at least 4 members (excludes halogenated alkanes) is 2. The van der Waals surface area contributed by atoms with Crippen LogP contribution < -0.4 is 10.6 Å². The maximum atomic E-state index is 8.81. The molecule has 19 heavy (non-hydrogen) atoms. The minimum absolute atomic E-state index is 0. The Morgan fingerprint density at radius 2 is 1.84 bits per heavy atom. The van der Waals surface area contributed by atoms with Gasteiger partial charge in [-0.2, -0.15) is 0 Å². The third-order valence-corrected chi connectivity index (χ3v) is 2.87. The monoisotopic (exact) mass is 385 g/mol. The van der Waals surface area contributed by atoms with E-state index >= 15 is 0 Å². The minimum atomic E-state index is 0. The van der Waals surface area contributed by atoms with Gasteiger partial charge < -0.3 is 15.7 Å². The molecule has 0 bridgehead atoms. The van der Waals surface area contributed by atoms with Crippen molar-refractivity contribution in [3.05, 3.63) is 0 Å². The van der Waals surface area contributed by atoms with Crippen molar-refractivity contribution in [3.63, 3.8) is 0 Å². The van der Waals surface area contributed by atoms with Crippen molar-refractivity contribution in [2.75, 3.05) is 26.2 Å². The van der Waals surface area contributed by atoms with E-state index in [4.69, 9.17) is 5.11 Å². The number of hydrogen-bond donors (Lipinski definition) is 3. The quantitative estimate of drug-likeness (QED) is 0.248. The van der Waals surface area contributed by atoms with E-state index in [1.54, 1.807) is 0 Å². The van der Waals surface area contributed by atoms with Crippen molar-refractivity contribution in [2.24, 2.45) is 10.4 Å². The van der Waals surface area contributed by atoms with E-state index < -0.39 is 0 Å². The van der Waals surface area contributed by atoms with Crippen LogP contribution in [0.1, 0.15) is 53.4 Å². The van der Waals surface area contributed by atoms with Crippen LogP contribution in [0.3, 0.4) is 0 Å². The summed E-state index contributed by atoms with van der Waals surface area (Å²) in [6.07, 6.45) is 5.05. The van der Waals surface area contributed by atoms with E-state index in [1.807, 2.05) is 6.92 Å². The summed E-state index contributed by atoms with van der Waals surface area (Å²) >= 11 is 0. The first kappa shape index (κ1) is 21.3. The highest BCUT2D eigenvalue weighted by Gasteiger charge is 2.16. The SMILES string of the molecule is CCCCCC(C)(C)CN=C(NCC)NCCO.I. The lowest BCUT2D eigenvalue weighted by atomic mass is 9.87. The Bertz CT molecular complexity index is 233. The standard InChI is InChI=1S/C14H31N3O.HI/c1-5-7-8-9-14(3,4)12-17-13(15-6-2)16-10-11-18;/h18H,5-12H2,1-4H3,(H2,15,16,17);1H. The zero-order valence-electron chi connectivity index (χ0n) is 13.0. The Hall–Kier alpha value is -0.0400. The van der Waals surface area contributed by atoms with Crippen LogP contribution in [-0.4, -0.2) is 37.3 Å². The first-order valence-electron chi connectivity index (χ1n) is 7.18. The molecule has 5 heteroatoms. The van der Waals surface area contributed by atoms with Gasteiger partial charge in [0.2, 0.25) is 0 Å². The lowest BCUT2D eigenvalue weighted by molar-refractivity contribution is 0.299. The number of halogens is 1. The van der Waals surface area contributed by atoms with Gasteiger partial charge in [-0.25, -0.2) is 0 Å².